The highest BCUT2D eigenvalue weighted by molar-refractivity contribution is 7.16. The van der Waals surface area contributed by atoms with Crippen LogP contribution in [0.2, 0.25) is 5.02 Å². The first-order chi connectivity index (χ1) is 11.3. The number of fused-ring (bicyclic) bond motifs is 1. The van der Waals surface area contributed by atoms with Gasteiger partial charge in [-0.05, 0) is 29.1 Å². The summed E-state index contributed by atoms with van der Waals surface area (Å²) in [6, 6.07) is 10.2. The molecule has 6 heteroatoms. The molecule has 1 fully saturated rings. The molecular weight excluding hydrogens is 328 g/mol. The maximum Gasteiger partial charge on any atom is 0.140 e. The van der Waals surface area contributed by atoms with E-state index in [0.717, 1.165) is 48.4 Å². The molecule has 1 aliphatic heterocycles. The largest absolute Gasteiger partial charge is 0.353 e. The highest BCUT2D eigenvalue weighted by Gasteiger charge is 2.20. The van der Waals surface area contributed by atoms with Crippen molar-refractivity contribution >= 4 is 39.0 Å². The Morgan fingerprint density at radius 3 is 2.78 bits per heavy atom. The number of halogens is 1. The van der Waals surface area contributed by atoms with Gasteiger partial charge in [0.1, 0.15) is 17.0 Å². The first-order valence-electron chi connectivity index (χ1n) is 7.69. The van der Waals surface area contributed by atoms with Crippen LogP contribution < -0.4 is 4.90 Å². The van der Waals surface area contributed by atoms with Gasteiger partial charge in [-0.3, -0.25) is 4.90 Å². The number of anilines is 1. The minimum Gasteiger partial charge on any atom is -0.353 e. The van der Waals surface area contributed by atoms with Crippen molar-refractivity contribution in [3.63, 3.8) is 0 Å². The molecule has 118 valence electrons. The first kappa shape index (κ1) is 14.9. The van der Waals surface area contributed by atoms with Crippen molar-refractivity contribution in [1.82, 2.24) is 14.9 Å². The molecule has 1 aromatic carbocycles. The lowest BCUT2D eigenvalue weighted by molar-refractivity contribution is 0.249. The van der Waals surface area contributed by atoms with Crippen LogP contribution >= 0.6 is 22.9 Å². The molecular formula is C17H17ClN4S. The lowest BCUT2D eigenvalue weighted by atomic mass is 10.2. The van der Waals surface area contributed by atoms with Crippen LogP contribution in [0.25, 0.3) is 10.2 Å². The van der Waals surface area contributed by atoms with Crippen LogP contribution in [-0.4, -0.2) is 41.0 Å². The van der Waals surface area contributed by atoms with Gasteiger partial charge in [-0.2, -0.15) is 0 Å². The summed E-state index contributed by atoms with van der Waals surface area (Å²) in [5, 5.41) is 4.06. The lowest BCUT2D eigenvalue weighted by Crippen LogP contribution is -2.46. The first-order valence-corrected chi connectivity index (χ1v) is 8.95. The Morgan fingerprint density at radius 2 is 1.96 bits per heavy atom. The highest BCUT2D eigenvalue weighted by Crippen LogP contribution is 2.27. The van der Waals surface area contributed by atoms with Gasteiger partial charge in [0.25, 0.3) is 0 Å². The zero-order chi connectivity index (χ0) is 15.6. The van der Waals surface area contributed by atoms with E-state index in [0.29, 0.717) is 0 Å². The minimum atomic E-state index is 0.807. The van der Waals surface area contributed by atoms with E-state index in [2.05, 4.69) is 37.3 Å². The van der Waals surface area contributed by atoms with Gasteiger partial charge in [0.05, 0.1) is 5.39 Å². The quantitative estimate of drug-likeness (QED) is 0.725. The van der Waals surface area contributed by atoms with Gasteiger partial charge in [0.2, 0.25) is 0 Å². The molecule has 4 nitrogen and oxygen atoms in total. The topological polar surface area (TPSA) is 32.3 Å². The molecule has 2 aromatic heterocycles. The van der Waals surface area contributed by atoms with Gasteiger partial charge in [0.15, 0.2) is 0 Å². The fraction of sp³-hybridized carbons (Fsp3) is 0.294. The van der Waals surface area contributed by atoms with Crippen LogP contribution in [0.3, 0.4) is 0 Å². The standard InChI is InChI=1S/C17H17ClN4S/c18-14-3-1-2-13(10-14)11-21-5-7-22(8-6-21)16-15-4-9-23-17(15)20-12-19-16/h1-4,9-10,12H,5-8,11H2. The smallest absolute Gasteiger partial charge is 0.140 e. The van der Waals surface area contributed by atoms with E-state index in [1.807, 2.05) is 18.2 Å². The second kappa shape index (κ2) is 6.43. The van der Waals surface area contributed by atoms with Crippen LogP contribution in [0.15, 0.2) is 42.0 Å². The molecule has 0 N–H and O–H groups in total. The summed E-state index contributed by atoms with van der Waals surface area (Å²) in [6.07, 6.45) is 1.67. The average molecular weight is 345 g/mol. The Labute approximate surface area is 144 Å². The van der Waals surface area contributed by atoms with Gasteiger partial charge >= 0.3 is 0 Å². The van der Waals surface area contributed by atoms with Crippen molar-refractivity contribution in [2.45, 2.75) is 6.54 Å². The van der Waals surface area contributed by atoms with E-state index < -0.39 is 0 Å². The van der Waals surface area contributed by atoms with Crippen LogP contribution in [0.1, 0.15) is 5.56 Å². The van der Waals surface area contributed by atoms with E-state index in [9.17, 15) is 0 Å². The molecule has 0 spiro atoms. The fourth-order valence-corrected chi connectivity index (χ4v) is 3.98. The van der Waals surface area contributed by atoms with Crippen molar-refractivity contribution in [1.29, 1.82) is 0 Å². The number of piperazine rings is 1. The van der Waals surface area contributed by atoms with Crippen molar-refractivity contribution in [2.75, 3.05) is 31.1 Å². The molecule has 0 unspecified atom stereocenters. The van der Waals surface area contributed by atoms with E-state index in [4.69, 9.17) is 11.6 Å². The third kappa shape index (κ3) is 3.17. The van der Waals surface area contributed by atoms with Crippen LogP contribution in [0.5, 0.6) is 0 Å². The molecule has 0 amide bonds. The van der Waals surface area contributed by atoms with Gasteiger partial charge < -0.3 is 4.90 Å². The number of rotatable bonds is 3. The predicted molar refractivity (Wildman–Crippen MR) is 96.4 cm³/mol. The van der Waals surface area contributed by atoms with Crippen LogP contribution in [-0.2, 0) is 6.54 Å². The van der Waals surface area contributed by atoms with E-state index >= 15 is 0 Å². The third-order valence-corrected chi connectivity index (χ3v) is 5.26. The zero-order valence-electron chi connectivity index (χ0n) is 12.7. The Balaban J connectivity index is 1.44. The second-order valence-corrected chi connectivity index (χ2v) is 7.06. The highest BCUT2D eigenvalue weighted by atomic mass is 35.5. The molecule has 4 rings (SSSR count). The van der Waals surface area contributed by atoms with Crippen molar-refractivity contribution in [3.8, 4) is 0 Å². The molecule has 23 heavy (non-hydrogen) atoms. The molecule has 0 radical (unpaired) electrons. The number of hydrogen-bond acceptors (Lipinski definition) is 5. The average Bonchev–Trinajstić information content (AvgIpc) is 3.04. The van der Waals surface area contributed by atoms with Gasteiger partial charge in [-0.1, -0.05) is 23.7 Å². The molecule has 0 bridgehead atoms. The third-order valence-electron chi connectivity index (χ3n) is 4.21. The van der Waals surface area contributed by atoms with E-state index in [1.54, 1.807) is 17.7 Å². The predicted octanol–water partition coefficient (Wildman–Crippen LogP) is 3.67. The SMILES string of the molecule is Clc1cccc(CN2CCN(c3ncnc4sccc34)CC2)c1. The van der Waals surface area contributed by atoms with Crippen molar-refractivity contribution < 1.29 is 0 Å². The number of aromatic nitrogens is 2. The molecule has 1 saturated heterocycles. The molecule has 1 aliphatic rings. The summed E-state index contributed by atoms with van der Waals surface area (Å²) in [5.74, 6) is 1.07. The lowest BCUT2D eigenvalue weighted by Gasteiger charge is -2.35. The molecule has 0 saturated carbocycles. The summed E-state index contributed by atoms with van der Waals surface area (Å²) in [4.78, 5) is 14.7. The zero-order valence-corrected chi connectivity index (χ0v) is 14.2. The molecule has 0 atom stereocenters. The summed E-state index contributed by atoms with van der Waals surface area (Å²) in [7, 11) is 0. The van der Waals surface area contributed by atoms with Gasteiger partial charge in [-0.25, -0.2) is 9.97 Å². The second-order valence-electron chi connectivity index (χ2n) is 5.73. The van der Waals surface area contributed by atoms with Crippen LogP contribution in [0, 0.1) is 0 Å². The maximum absolute atomic E-state index is 6.07. The summed E-state index contributed by atoms with van der Waals surface area (Å²) >= 11 is 7.74. The number of hydrogen-bond donors (Lipinski definition) is 0. The Bertz CT molecular complexity index is 811. The Hall–Kier alpha value is -1.69. The fourth-order valence-electron chi connectivity index (χ4n) is 3.04. The van der Waals surface area contributed by atoms with Crippen LogP contribution in [0.4, 0.5) is 5.82 Å². The summed E-state index contributed by atoms with van der Waals surface area (Å²) in [5.41, 5.74) is 1.27. The Morgan fingerprint density at radius 1 is 1.09 bits per heavy atom. The Kier molecular flexibility index (Phi) is 4.16. The number of thiophene rings is 1. The van der Waals surface area contributed by atoms with E-state index in [-0.39, 0.29) is 0 Å². The minimum absolute atomic E-state index is 0.807. The van der Waals surface area contributed by atoms with Gasteiger partial charge in [0, 0.05) is 37.7 Å². The van der Waals surface area contributed by atoms with Crippen molar-refractivity contribution in [3.05, 3.63) is 52.6 Å². The molecule has 3 aromatic rings. The number of nitrogens with zero attached hydrogens (tertiary/aromatic N) is 4. The molecule has 0 aliphatic carbocycles. The van der Waals surface area contributed by atoms with Gasteiger partial charge in [-0.15, -0.1) is 11.3 Å². The normalized spacial score (nSPS) is 16.1. The van der Waals surface area contributed by atoms with E-state index in [1.165, 1.54) is 10.9 Å². The summed E-state index contributed by atoms with van der Waals surface area (Å²) < 4.78 is 0. The monoisotopic (exact) mass is 344 g/mol. The maximum atomic E-state index is 6.07. The molecule has 3 heterocycles. The summed E-state index contributed by atoms with van der Waals surface area (Å²) in [6.45, 7) is 4.99. The number of benzene rings is 1. The van der Waals surface area contributed by atoms with Crippen molar-refractivity contribution in [2.24, 2.45) is 0 Å².